The zero-order chi connectivity index (χ0) is 20.2. The molecule has 0 radical (unpaired) electrons. The summed E-state index contributed by atoms with van der Waals surface area (Å²) < 4.78 is 18.9. The van der Waals surface area contributed by atoms with Crippen LogP contribution in [0.15, 0.2) is 24.3 Å². The minimum Gasteiger partial charge on any atom is -0.444 e. The van der Waals surface area contributed by atoms with E-state index in [1.807, 2.05) is 40.7 Å². The molecule has 1 saturated heterocycles. The first-order valence-corrected chi connectivity index (χ1v) is 9.59. The maximum Gasteiger partial charge on any atom is 0.410 e. The number of carbonyl (C=O) groups excluding carboxylic acids is 2. The summed E-state index contributed by atoms with van der Waals surface area (Å²) in [7, 11) is 0. The summed E-state index contributed by atoms with van der Waals surface area (Å²) in [4.78, 5) is 28.7. The first kappa shape index (κ1) is 21.2. The highest BCUT2D eigenvalue weighted by molar-refractivity contribution is 5.79. The summed E-state index contributed by atoms with van der Waals surface area (Å²) >= 11 is 0. The first-order valence-electron chi connectivity index (χ1n) is 9.59. The van der Waals surface area contributed by atoms with Crippen molar-refractivity contribution in [3.05, 3.63) is 35.6 Å². The zero-order valence-corrected chi connectivity index (χ0v) is 17.0. The number of halogens is 1. The molecular weight excluding hydrogens is 347 g/mol. The molecule has 6 heteroatoms. The maximum absolute atomic E-state index is 13.5. The van der Waals surface area contributed by atoms with Crippen LogP contribution < -0.4 is 0 Å². The second kappa shape index (κ2) is 8.72. The Balaban J connectivity index is 1.96. The monoisotopic (exact) mass is 378 g/mol. The van der Waals surface area contributed by atoms with E-state index in [1.165, 1.54) is 12.1 Å². The van der Waals surface area contributed by atoms with Gasteiger partial charge in [0.2, 0.25) is 5.91 Å². The van der Waals surface area contributed by atoms with E-state index in [2.05, 4.69) is 0 Å². The van der Waals surface area contributed by atoms with E-state index in [0.29, 0.717) is 32.5 Å². The van der Waals surface area contributed by atoms with Crippen molar-refractivity contribution in [2.24, 2.45) is 5.92 Å². The lowest BCUT2D eigenvalue weighted by Gasteiger charge is -2.36. The van der Waals surface area contributed by atoms with Crippen LogP contribution in [0.2, 0.25) is 0 Å². The summed E-state index contributed by atoms with van der Waals surface area (Å²) in [6.45, 7) is 10.9. The average Bonchev–Trinajstić information content (AvgIpc) is 2.57. The van der Waals surface area contributed by atoms with Crippen molar-refractivity contribution >= 4 is 12.0 Å². The number of likely N-dealkylation sites (tertiary alicyclic amines) is 1. The Morgan fingerprint density at radius 2 is 1.89 bits per heavy atom. The van der Waals surface area contributed by atoms with Gasteiger partial charge in [0.1, 0.15) is 11.4 Å². The Morgan fingerprint density at radius 3 is 2.41 bits per heavy atom. The van der Waals surface area contributed by atoms with E-state index in [9.17, 15) is 14.0 Å². The summed E-state index contributed by atoms with van der Waals surface area (Å²) in [5.41, 5.74) is 0.256. The third-order valence-electron chi connectivity index (χ3n) is 4.64. The van der Waals surface area contributed by atoms with Gasteiger partial charge in [-0.2, -0.15) is 0 Å². The summed E-state index contributed by atoms with van der Waals surface area (Å²) in [5, 5.41) is 0. The summed E-state index contributed by atoms with van der Waals surface area (Å²) in [5.74, 6) is -0.355. The fourth-order valence-electron chi connectivity index (χ4n) is 3.22. The molecule has 1 aromatic rings. The first-order chi connectivity index (χ1) is 12.6. The van der Waals surface area contributed by atoms with Gasteiger partial charge in [-0.3, -0.25) is 4.79 Å². The van der Waals surface area contributed by atoms with Gasteiger partial charge >= 0.3 is 6.09 Å². The minimum absolute atomic E-state index is 0.0182. The Kier molecular flexibility index (Phi) is 6.84. The maximum atomic E-state index is 13.5. The molecule has 0 aliphatic carbocycles. The molecule has 1 aliphatic rings. The molecule has 1 fully saturated rings. The number of hydrogen-bond donors (Lipinski definition) is 0. The molecule has 0 N–H and O–H groups in total. The van der Waals surface area contributed by atoms with Gasteiger partial charge in [0.15, 0.2) is 0 Å². The van der Waals surface area contributed by atoms with E-state index >= 15 is 0 Å². The van der Waals surface area contributed by atoms with Gasteiger partial charge in [-0.25, -0.2) is 9.18 Å². The van der Waals surface area contributed by atoms with Gasteiger partial charge in [0.25, 0.3) is 0 Å². The fourth-order valence-corrected chi connectivity index (χ4v) is 3.22. The standard InChI is InChI=1S/C21H31FN2O3/c1-15(2)24(14-16-7-6-8-18(22)13-16)19(25)17-9-11-23(12-10-17)20(26)27-21(3,4)5/h6-8,13,15,17H,9-12,14H2,1-5H3. The Bertz CT molecular complexity index is 662. The van der Waals surface area contributed by atoms with Crippen LogP contribution in [-0.4, -0.2) is 46.5 Å². The molecule has 0 spiro atoms. The highest BCUT2D eigenvalue weighted by atomic mass is 19.1. The van der Waals surface area contributed by atoms with Crippen LogP contribution in [0.1, 0.15) is 53.0 Å². The minimum atomic E-state index is -0.525. The van der Waals surface area contributed by atoms with Gasteiger partial charge in [0.05, 0.1) is 0 Å². The Hall–Kier alpha value is -2.11. The van der Waals surface area contributed by atoms with Crippen LogP contribution in [0.25, 0.3) is 0 Å². The van der Waals surface area contributed by atoms with Crippen LogP contribution in [0.5, 0.6) is 0 Å². The van der Waals surface area contributed by atoms with E-state index in [4.69, 9.17) is 4.74 Å². The fraction of sp³-hybridized carbons (Fsp3) is 0.619. The van der Waals surface area contributed by atoms with Crippen LogP contribution in [0.3, 0.4) is 0 Å². The lowest BCUT2D eigenvalue weighted by atomic mass is 9.94. The molecule has 0 saturated carbocycles. The molecular formula is C21H31FN2O3. The van der Waals surface area contributed by atoms with Gasteiger partial charge in [-0.15, -0.1) is 0 Å². The summed E-state index contributed by atoms with van der Waals surface area (Å²) in [6.07, 6.45) is 0.906. The molecule has 27 heavy (non-hydrogen) atoms. The van der Waals surface area contributed by atoms with Gasteiger partial charge in [0, 0.05) is 31.6 Å². The van der Waals surface area contributed by atoms with Crippen LogP contribution in [0.4, 0.5) is 9.18 Å². The van der Waals surface area contributed by atoms with Gasteiger partial charge in [-0.05, 0) is 65.2 Å². The molecule has 2 rings (SSSR count). The predicted molar refractivity (Wildman–Crippen MR) is 103 cm³/mol. The lowest BCUT2D eigenvalue weighted by molar-refractivity contribution is -0.139. The normalized spacial score (nSPS) is 15.7. The number of ether oxygens (including phenoxy) is 1. The Labute approximate surface area is 161 Å². The number of hydrogen-bond acceptors (Lipinski definition) is 3. The topological polar surface area (TPSA) is 49.9 Å². The highest BCUT2D eigenvalue weighted by Crippen LogP contribution is 2.23. The SMILES string of the molecule is CC(C)N(Cc1cccc(F)c1)C(=O)C1CCN(C(=O)OC(C)(C)C)CC1. The van der Waals surface area contributed by atoms with Crippen molar-refractivity contribution in [2.45, 2.75) is 65.6 Å². The largest absolute Gasteiger partial charge is 0.444 e. The molecule has 5 nitrogen and oxygen atoms in total. The summed E-state index contributed by atoms with van der Waals surface area (Å²) in [6, 6.07) is 6.37. The number of carbonyl (C=O) groups is 2. The van der Waals surface area contributed by atoms with Crippen LogP contribution in [-0.2, 0) is 16.1 Å². The van der Waals surface area contributed by atoms with E-state index < -0.39 is 5.60 Å². The molecule has 1 aromatic carbocycles. The molecule has 0 unspecified atom stereocenters. The van der Waals surface area contributed by atoms with E-state index in [0.717, 1.165) is 5.56 Å². The predicted octanol–water partition coefficient (Wildman–Crippen LogP) is 4.21. The number of piperidine rings is 1. The third kappa shape index (κ3) is 6.22. The smallest absolute Gasteiger partial charge is 0.410 e. The van der Waals surface area contributed by atoms with Crippen molar-refractivity contribution in [1.82, 2.24) is 9.80 Å². The number of nitrogens with zero attached hydrogens (tertiary/aromatic N) is 2. The second-order valence-electron chi connectivity index (χ2n) is 8.43. The van der Waals surface area contributed by atoms with Crippen molar-refractivity contribution in [1.29, 1.82) is 0 Å². The second-order valence-corrected chi connectivity index (χ2v) is 8.43. The number of rotatable bonds is 4. The van der Waals surface area contributed by atoms with E-state index in [-0.39, 0.29) is 29.8 Å². The highest BCUT2D eigenvalue weighted by Gasteiger charge is 2.32. The molecule has 0 atom stereocenters. The zero-order valence-electron chi connectivity index (χ0n) is 17.0. The van der Waals surface area contributed by atoms with Crippen molar-refractivity contribution in [3.63, 3.8) is 0 Å². The van der Waals surface area contributed by atoms with Crippen LogP contribution in [0, 0.1) is 11.7 Å². The number of amides is 2. The average molecular weight is 378 g/mol. The quantitative estimate of drug-likeness (QED) is 0.789. The van der Waals surface area contributed by atoms with Gasteiger partial charge in [-0.1, -0.05) is 12.1 Å². The van der Waals surface area contributed by atoms with Crippen LogP contribution >= 0.6 is 0 Å². The van der Waals surface area contributed by atoms with Gasteiger partial charge < -0.3 is 14.5 Å². The molecule has 1 heterocycles. The molecule has 0 bridgehead atoms. The molecule has 1 aliphatic heterocycles. The van der Waals surface area contributed by atoms with E-state index in [1.54, 1.807) is 15.9 Å². The number of benzene rings is 1. The Morgan fingerprint density at radius 1 is 1.26 bits per heavy atom. The molecule has 0 aromatic heterocycles. The van der Waals surface area contributed by atoms with Crippen molar-refractivity contribution < 1.29 is 18.7 Å². The van der Waals surface area contributed by atoms with Crippen molar-refractivity contribution in [3.8, 4) is 0 Å². The lowest BCUT2D eigenvalue weighted by Crippen LogP contribution is -2.47. The molecule has 2 amide bonds. The van der Waals surface area contributed by atoms with Crippen molar-refractivity contribution in [2.75, 3.05) is 13.1 Å². The third-order valence-corrected chi connectivity index (χ3v) is 4.64. The molecule has 150 valence electrons.